The molecule has 1 N–H and O–H groups in total. The van der Waals surface area contributed by atoms with Crippen LogP contribution in [0.4, 0.5) is 5.13 Å². The lowest BCUT2D eigenvalue weighted by Gasteiger charge is -2.20. The van der Waals surface area contributed by atoms with Crippen molar-refractivity contribution in [1.82, 2.24) is 4.98 Å². The molecule has 1 aliphatic heterocycles. The summed E-state index contributed by atoms with van der Waals surface area (Å²) in [7, 11) is 0. The van der Waals surface area contributed by atoms with E-state index < -0.39 is 5.97 Å². The summed E-state index contributed by atoms with van der Waals surface area (Å²) in [6.45, 7) is 6.56. The molecule has 0 amide bonds. The van der Waals surface area contributed by atoms with Crippen LogP contribution in [0.1, 0.15) is 43.6 Å². The van der Waals surface area contributed by atoms with Gasteiger partial charge in [0.1, 0.15) is 0 Å². The molecule has 1 fully saturated rings. The number of carboxylic acid groups (broad SMARTS) is 1. The van der Waals surface area contributed by atoms with E-state index in [-0.39, 0.29) is 5.69 Å². The molecular weight excluding hydrogens is 248 g/mol. The summed E-state index contributed by atoms with van der Waals surface area (Å²) in [4.78, 5) is 17.3. The van der Waals surface area contributed by atoms with Crippen molar-refractivity contribution in [2.45, 2.75) is 33.1 Å². The topological polar surface area (TPSA) is 53.4 Å². The summed E-state index contributed by atoms with van der Waals surface area (Å²) >= 11 is 1.44. The first-order chi connectivity index (χ1) is 8.58. The highest BCUT2D eigenvalue weighted by atomic mass is 32.1. The average Bonchev–Trinajstić information content (AvgIpc) is 2.67. The van der Waals surface area contributed by atoms with Gasteiger partial charge in [-0.1, -0.05) is 13.8 Å². The lowest BCUT2D eigenvalue weighted by molar-refractivity contribution is 0.0691. The van der Waals surface area contributed by atoms with E-state index in [4.69, 9.17) is 5.11 Å². The van der Waals surface area contributed by atoms with Crippen molar-refractivity contribution in [2.75, 3.05) is 18.0 Å². The first-order valence-corrected chi connectivity index (χ1v) is 7.39. The molecule has 1 saturated heterocycles. The summed E-state index contributed by atoms with van der Waals surface area (Å²) in [6.07, 6.45) is 3.62. The third-order valence-electron chi connectivity index (χ3n) is 3.70. The minimum Gasteiger partial charge on any atom is -0.476 e. The Morgan fingerprint density at radius 2 is 2.28 bits per heavy atom. The second kappa shape index (κ2) is 5.69. The van der Waals surface area contributed by atoms with E-state index in [1.807, 2.05) is 0 Å². The quantitative estimate of drug-likeness (QED) is 0.915. The molecule has 1 aromatic heterocycles. The Morgan fingerprint density at radius 1 is 1.50 bits per heavy atom. The molecule has 1 unspecified atom stereocenters. The molecule has 2 rings (SSSR count). The molecular formula is C13H20N2O2S. The number of anilines is 1. The molecule has 1 atom stereocenters. The number of carbonyl (C=O) groups is 1. The Kier molecular flexibility index (Phi) is 4.22. The SMILES string of the molecule is CC(C)C1CCCN(c2nc(C(=O)O)cs2)CC1. The molecule has 100 valence electrons. The van der Waals surface area contributed by atoms with E-state index in [1.54, 1.807) is 5.38 Å². The van der Waals surface area contributed by atoms with Crippen molar-refractivity contribution in [2.24, 2.45) is 11.8 Å². The molecule has 0 spiro atoms. The minimum atomic E-state index is -0.938. The molecule has 0 aliphatic carbocycles. The molecule has 0 aromatic carbocycles. The third kappa shape index (κ3) is 3.02. The summed E-state index contributed by atoms with van der Waals surface area (Å²) in [6, 6.07) is 0. The molecule has 1 aromatic rings. The van der Waals surface area contributed by atoms with Gasteiger partial charge in [0.25, 0.3) is 0 Å². The Bertz CT molecular complexity index is 417. The molecule has 0 radical (unpaired) electrons. The molecule has 0 bridgehead atoms. The zero-order valence-electron chi connectivity index (χ0n) is 10.9. The van der Waals surface area contributed by atoms with Crippen LogP contribution >= 0.6 is 11.3 Å². The summed E-state index contributed by atoms with van der Waals surface area (Å²) < 4.78 is 0. The normalized spacial score (nSPS) is 21.1. The van der Waals surface area contributed by atoms with Gasteiger partial charge in [0.2, 0.25) is 0 Å². The van der Waals surface area contributed by atoms with Gasteiger partial charge in [-0.3, -0.25) is 0 Å². The lowest BCUT2D eigenvalue weighted by atomic mass is 9.89. The van der Waals surface area contributed by atoms with E-state index in [0.29, 0.717) is 0 Å². The predicted molar refractivity (Wildman–Crippen MR) is 73.5 cm³/mol. The highest BCUT2D eigenvalue weighted by molar-refractivity contribution is 7.13. The number of aromatic nitrogens is 1. The maximum absolute atomic E-state index is 10.8. The number of hydrogen-bond acceptors (Lipinski definition) is 4. The van der Waals surface area contributed by atoms with Crippen LogP contribution in [0.5, 0.6) is 0 Å². The van der Waals surface area contributed by atoms with Crippen LogP contribution in [0.15, 0.2) is 5.38 Å². The number of thiazole rings is 1. The summed E-state index contributed by atoms with van der Waals surface area (Å²) in [5.74, 6) is 0.581. The van der Waals surface area contributed by atoms with Crippen LogP contribution in [0.2, 0.25) is 0 Å². The fourth-order valence-corrected chi connectivity index (χ4v) is 3.34. The van der Waals surface area contributed by atoms with Crippen LogP contribution in [0.25, 0.3) is 0 Å². The molecule has 18 heavy (non-hydrogen) atoms. The second-order valence-corrected chi connectivity index (χ2v) is 6.08. The molecule has 1 aliphatic rings. The smallest absolute Gasteiger partial charge is 0.355 e. The highest BCUT2D eigenvalue weighted by Gasteiger charge is 2.21. The van der Waals surface area contributed by atoms with Crippen molar-refractivity contribution in [3.05, 3.63) is 11.1 Å². The standard InChI is InChI=1S/C13H20N2O2S/c1-9(2)10-4-3-6-15(7-5-10)13-14-11(8-18-13)12(16)17/h8-10H,3-7H2,1-2H3,(H,16,17). The third-order valence-corrected chi connectivity index (χ3v) is 4.60. The van der Waals surface area contributed by atoms with Crippen LogP contribution in [0, 0.1) is 11.8 Å². The van der Waals surface area contributed by atoms with Gasteiger partial charge in [0.15, 0.2) is 10.8 Å². The van der Waals surface area contributed by atoms with Gasteiger partial charge >= 0.3 is 5.97 Å². The Morgan fingerprint density at radius 3 is 2.89 bits per heavy atom. The Hall–Kier alpha value is -1.10. The van der Waals surface area contributed by atoms with Crippen molar-refractivity contribution in [1.29, 1.82) is 0 Å². The molecule has 2 heterocycles. The van der Waals surface area contributed by atoms with Crippen LogP contribution in [-0.4, -0.2) is 29.1 Å². The summed E-state index contributed by atoms with van der Waals surface area (Å²) in [5, 5.41) is 11.4. The van der Waals surface area contributed by atoms with Crippen LogP contribution in [-0.2, 0) is 0 Å². The Balaban J connectivity index is 2.02. The molecule has 4 nitrogen and oxygen atoms in total. The largest absolute Gasteiger partial charge is 0.476 e. The monoisotopic (exact) mass is 268 g/mol. The lowest BCUT2D eigenvalue weighted by Crippen LogP contribution is -2.24. The Labute approximate surface area is 112 Å². The number of nitrogens with zero attached hydrogens (tertiary/aromatic N) is 2. The molecule has 0 saturated carbocycles. The van der Waals surface area contributed by atoms with Gasteiger partial charge in [-0.25, -0.2) is 9.78 Å². The molecule has 5 heteroatoms. The van der Waals surface area contributed by atoms with Crippen molar-refractivity contribution < 1.29 is 9.90 Å². The average molecular weight is 268 g/mol. The van der Waals surface area contributed by atoms with E-state index in [1.165, 1.54) is 30.6 Å². The van der Waals surface area contributed by atoms with Gasteiger partial charge in [-0.2, -0.15) is 0 Å². The fourth-order valence-electron chi connectivity index (χ4n) is 2.49. The van der Waals surface area contributed by atoms with Crippen LogP contribution in [0.3, 0.4) is 0 Å². The fraction of sp³-hybridized carbons (Fsp3) is 0.692. The maximum atomic E-state index is 10.8. The first-order valence-electron chi connectivity index (χ1n) is 6.51. The minimum absolute atomic E-state index is 0.166. The number of carboxylic acids is 1. The van der Waals surface area contributed by atoms with Gasteiger partial charge in [-0.05, 0) is 31.1 Å². The second-order valence-electron chi connectivity index (χ2n) is 5.24. The zero-order chi connectivity index (χ0) is 13.1. The van der Waals surface area contributed by atoms with E-state index >= 15 is 0 Å². The van der Waals surface area contributed by atoms with Gasteiger partial charge in [-0.15, -0.1) is 11.3 Å². The van der Waals surface area contributed by atoms with E-state index in [0.717, 1.165) is 30.1 Å². The van der Waals surface area contributed by atoms with Crippen LogP contribution < -0.4 is 4.90 Å². The van der Waals surface area contributed by atoms with Crippen molar-refractivity contribution in [3.63, 3.8) is 0 Å². The van der Waals surface area contributed by atoms with Gasteiger partial charge in [0.05, 0.1) is 0 Å². The van der Waals surface area contributed by atoms with Gasteiger partial charge < -0.3 is 10.0 Å². The number of hydrogen-bond donors (Lipinski definition) is 1. The first kappa shape index (κ1) is 13.3. The van der Waals surface area contributed by atoms with E-state index in [2.05, 4.69) is 23.7 Å². The predicted octanol–water partition coefficient (Wildman–Crippen LogP) is 3.10. The number of aromatic carboxylic acids is 1. The van der Waals surface area contributed by atoms with Crippen molar-refractivity contribution in [3.8, 4) is 0 Å². The zero-order valence-corrected chi connectivity index (χ0v) is 11.7. The van der Waals surface area contributed by atoms with E-state index in [9.17, 15) is 4.79 Å². The summed E-state index contributed by atoms with van der Waals surface area (Å²) in [5.41, 5.74) is 0.166. The maximum Gasteiger partial charge on any atom is 0.355 e. The van der Waals surface area contributed by atoms with Crippen molar-refractivity contribution >= 4 is 22.4 Å². The number of rotatable bonds is 3. The highest BCUT2D eigenvalue weighted by Crippen LogP contribution is 2.28. The van der Waals surface area contributed by atoms with Gasteiger partial charge in [0, 0.05) is 18.5 Å².